The molecule has 3 aliphatic rings. The Balaban J connectivity index is 1.99. The zero-order valence-electron chi connectivity index (χ0n) is 6.75. The first kappa shape index (κ1) is 6.22. The summed E-state index contributed by atoms with van der Waals surface area (Å²) in [5.41, 5.74) is 0. The van der Waals surface area contributed by atoms with E-state index in [1.807, 2.05) is 0 Å². The van der Waals surface area contributed by atoms with Crippen molar-refractivity contribution in [3.05, 3.63) is 0 Å². The molecular formula is C10H14O. The number of carbonyl (C=O) groups excluding carboxylic acids is 1. The first-order chi connectivity index (χ1) is 5.36. The van der Waals surface area contributed by atoms with Crippen LogP contribution in [0.3, 0.4) is 0 Å². The summed E-state index contributed by atoms with van der Waals surface area (Å²) in [4.78, 5) is 11.4. The highest BCUT2D eigenvalue weighted by Gasteiger charge is 2.52. The SMILES string of the molecule is O=C1CC2CCC3CCC1C32. The quantitative estimate of drug-likeness (QED) is 0.516. The van der Waals surface area contributed by atoms with Gasteiger partial charge in [-0.15, -0.1) is 0 Å². The molecule has 0 aromatic heterocycles. The molecule has 4 unspecified atom stereocenters. The molecular weight excluding hydrogens is 136 g/mol. The summed E-state index contributed by atoms with van der Waals surface area (Å²) in [6, 6.07) is 0. The van der Waals surface area contributed by atoms with Gasteiger partial charge in [0.15, 0.2) is 0 Å². The Morgan fingerprint density at radius 2 is 1.73 bits per heavy atom. The van der Waals surface area contributed by atoms with Crippen LogP contribution < -0.4 is 0 Å². The maximum absolute atomic E-state index is 11.4. The van der Waals surface area contributed by atoms with Crippen LogP contribution in [0.15, 0.2) is 0 Å². The van der Waals surface area contributed by atoms with Gasteiger partial charge in [-0.25, -0.2) is 0 Å². The van der Waals surface area contributed by atoms with Crippen molar-refractivity contribution >= 4 is 5.78 Å². The molecule has 0 amide bonds. The van der Waals surface area contributed by atoms with Gasteiger partial charge >= 0.3 is 0 Å². The van der Waals surface area contributed by atoms with Crippen LogP contribution in [-0.2, 0) is 4.79 Å². The van der Waals surface area contributed by atoms with Gasteiger partial charge in [-0.05, 0) is 43.4 Å². The summed E-state index contributed by atoms with van der Waals surface area (Å²) < 4.78 is 0. The van der Waals surface area contributed by atoms with Crippen molar-refractivity contribution in [2.45, 2.75) is 32.1 Å². The standard InChI is InChI=1S/C10H14O/c11-9-5-7-2-1-6-3-4-8(9)10(6)7/h6-8,10H,1-5H2. The third-order valence-corrected chi connectivity index (χ3v) is 4.19. The summed E-state index contributed by atoms with van der Waals surface area (Å²) in [7, 11) is 0. The van der Waals surface area contributed by atoms with Gasteiger partial charge in [0.1, 0.15) is 5.78 Å². The van der Waals surface area contributed by atoms with E-state index < -0.39 is 0 Å². The topological polar surface area (TPSA) is 17.1 Å². The Morgan fingerprint density at radius 3 is 2.64 bits per heavy atom. The van der Waals surface area contributed by atoms with Gasteiger partial charge in [0.05, 0.1) is 0 Å². The first-order valence-electron chi connectivity index (χ1n) is 4.89. The fourth-order valence-electron chi connectivity index (χ4n) is 3.80. The molecule has 0 aliphatic heterocycles. The van der Waals surface area contributed by atoms with Crippen LogP contribution in [-0.4, -0.2) is 5.78 Å². The van der Waals surface area contributed by atoms with Gasteiger partial charge < -0.3 is 0 Å². The number of carbonyl (C=O) groups is 1. The third-order valence-electron chi connectivity index (χ3n) is 4.19. The fourth-order valence-corrected chi connectivity index (χ4v) is 3.80. The molecule has 3 rings (SSSR count). The van der Waals surface area contributed by atoms with E-state index in [1.165, 1.54) is 25.7 Å². The Labute approximate surface area is 67.2 Å². The normalized spacial score (nSPS) is 53.6. The van der Waals surface area contributed by atoms with E-state index in [0.29, 0.717) is 11.7 Å². The van der Waals surface area contributed by atoms with Crippen molar-refractivity contribution < 1.29 is 4.79 Å². The zero-order chi connectivity index (χ0) is 7.42. The van der Waals surface area contributed by atoms with E-state index in [0.717, 1.165) is 24.2 Å². The average molecular weight is 150 g/mol. The van der Waals surface area contributed by atoms with E-state index in [9.17, 15) is 4.79 Å². The Kier molecular flexibility index (Phi) is 1.06. The molecule has 0 N–H and O–H groups in total. The van der Waals surface area contributed by atoms with E-state index in [4.69, 9.17) is 0 Å². The molecule has 3 saturated carbocycles. The van der Waals surface area contributed by atoms with Gasteiger partial charge in [-0.3, -0.25) is 4.79 Å². The molecule has 0 bridgehead atoms. The molecule has 0 radical (unpaired) electrons. The summed E-state index contributed by atoms with van der Waals surface area (Å²) >= 11 is 0. The molecule has 0 aromatic carbocycles. The highest BCUT2D eigenvalue weighted by molar-refractivity contribution is 5.84. The zero-order valence-corrected chi connectivity index (χ0v) is 6.75. The molecule has 11 heavy (non-hydrogen) atoms. The minimum Gasteiger partial charge on any atom is -0.299 e. The second-order valence-corrected chi connectivity index (χ2v) is 4.53. The van der Waals surface area contributed by atoms with Gasteiger partial charge in [0.2, 0.25) is 0 Å². The van der Waals surface area contributed by atoms with Crippen LogP contribution in [0.4, 0.5) is 0 Å². The highest BCUT2D eigenvalue weighted by atomic mass is 16.1. The van der Waals surface area contributed by atoms with Crippen molar-refractivity contribution in [3.8, 4) is 0 Å². The van der Waals surface area contributed by atoms with Crippen LogP contribution >= 0.6 is 0 Å². The van der Waals surface area contributed by atoms with Gasteiger partial charge in [-0.1, -0.05) is 0 Å². The van der Waals surface area contributed by atoms with E-state index in [1.54, 1.807) is 0 Å². The smallest absolute Gasteiger partial charge is 0.136 e. The molecule has 0 heterocycles. The summed E-state index contributed by atoms with van der Waals surface area (Å²) in [5.74, 6) is 3.74. The Morgan fingerprint density at radius 1 is 1.00 bits per heavy atom. The molecule has 0 aromatic rings. The van der Waals surface area contributed by atoms with Gasteiger partial charge in [0.25, 0.3) is 0 Å². The summed E-state index contributed by atoms with van der Waals surface area (Å²) in [6.07, 6.45) is 6.31. The van der Waals surface area contributed by atoms with E-state index in [-0.39, 0.29) is 0 Å². The highest BCUT2D eigenvalue weighted by Crippen LogP contribution is 2.56. The van der Waals surface area contributed by atoms with Crippen molar-refractivity contribution in [3.63, 3.8) is 0 Å². The number of rotatable bonds is 0. The minimum atomic E-state index is 0.521. The molecule has 60 valence electrons. The fraction of sp³-hybridized carbons (Fsp3) is 0.900. The Hall–Kier alpha value is -0.330. The van der Waals surface area contributed by atoms with Crippen LogP contribution in [0.25, 0.3) is 0 Å². The second kappa shape index (κ2) is 1.88. The van der Waals surface area contributed by atoms with Crippen molar-refractivity contribution in [2.75, 3.05) is 0 Å². The average Bonchev–Trinajstić information content (AvgIpc) is 2.53. The second-order valence-electron chi connectivity index (χ2n) is 4.53. The predicted octanol–water partition coefficient (Wildman–Crippen LogP) is 2.01. The van der Waals surface area contributed by atoms with Crippen LogP contribution in [0.5, 0.6) is 0 Å². The van der Waals surface area contributed by atoms with E-state index in [2.05, 4.69) is 0 Å². The largest absolute Gasteiger partial charge is 0.299 e. The molecule has 0 spiro atoms. The number of Topliss-reactive ketones (excluding diaryl/α,β-unsaturated/α-hetero) is 1. The lowest BCUT2D eigenvalue weighted by molar-refractivity contribution is -0.121. The monoisotopic (exact) mass is 150 g/mol. The molecule has 4 atom stereocenters. The third kappa shape index (κ3) is 0.646. The molecule has 1 heteroatoms. The molecule has 3 aliphatic carbocycles. The van der Waals surface area contributed by atoms with Crippen molar-refractivity contribution in [2.24, 2.45) is 23.7 Å². The molecule has 0 saturated heterocycles. The van der Waals surface area contributed by atoms with Crippen molar-refractivity contribution in [1.29, 1.82) is 0 Å². The molecule has 3 fully saturated rings. The lowest BCUT2D eigenvalue weighted by Crippen LogP contribution is -2.11. The van der Waals surface area contributed by atoms with Crippen molar-refractivity contribution in [1.82, 2.24) is 0 Å². The lowest BCUT2D eigenvalue weighted by Gasteiger charge is -2.11. The predicted molar refractivity (Wildman–Crippen MR) is 42.1 cm³/mol. The Bertz CT molecular complexity index is 209. The van der Waals surface area contributed by atoms with Crippen LogP contribution in [0, 0.1) is 23.7 Å². The summed E-state index contributed by atoms with van der Waals surface area (Å²) in [5, 5.41) is 0. The number of hydrogen-bond acceptors (Lipinski definition) is 1. The van der Waals surface area contributed by atoms with Gasteiger partial charge in [-0.2, -0.15) is 0 Å². The van der Waals surface area contributed by atoms with Crippen LogP contribution in [0.2, 0.25) is 0 Å². The molecule has 1 nitrogen and oxygen atoms in total. The minimum absolute atomic E-state index is 0.521. The van der Waals surface area contributed by atoms with Gasteiger partial charge in [0, 0.05) is 12.3 Å². The van der Waals surface area contributed by atoms with E-state index >= 15 is 0 Å². The first-order valence-corrected chi connectivity index (χ1v) is 4.89. The van der Waals surface area contributed by atoms with Crippen LogP contribution in [0.1, 0.15) is 32.1 Å². The lowest BCUT2D eigenvalue weighted by atomic mass is 9.92. The number of ketones is 1. The summed E-state index contributed by atoms with van der Waals surface area (Å²) in [6.45, 7) is 0. The maximum Gasteiger partial charge on any atom is 0.136 e. The maximum atomic E-state index is 11.4. The number of hydrogen-bond donors (Lipinski definition) is 0.